The first-order chi connectivity index (χ1) is 15.2. The van der Waals surface area contributed by atoms with Crippen LogP contribution in [-0.2, 0) is 6.54 Å². The first kappa shape index (κ1) is 19.2. The summed E-state index contributed by atoms with van der Waals surface area (Å²) in [6, 6.07) is 17.5. The number of amides is 1. The van der Waals surface area contributed by atoms with Crippen LogP contribution in [0.25, 0.3) is 22.5 Å². The summed E-state index contributed by atoms with van der Waals surface area (Å²) >= 11 is 0. The lowest BCUT2D eigenvalue weighted by atomic mass is 10.1. The topological polar surface area (TPSA) is 59.8 Å². The number of carbonyl (C=O) groups excluding carboxylic acids is 1. The summed E-state index contributed by atoms with van der Waals surface area (Å²) < 4.78 is 15.5. The Bertz CT molecular complexity index is 1210. The molecule has 0 aliphatic heterocycles. The van der Waals surface area contributed by atoms with Gasteiger partial charge in [0.25, 0.3) is 5.91 Å². The Morgan fingerprint density at radius 2 is 1.74 bits per heavy atom. The Morgan fingerprint density at radius 3 is 2.45 bits per heavy atom. The van der Waals surface area contributed by atoms with Gasteiger partial charge >= 0.3 is 0 Å². The smallest absolute Gasteiger partial charge is 0.272 e. The minimum Gasteiger partial charge on any atom is -0.343 e. The Hall–Kier alpha value is -3.80. The van der Waals surface area contributed by atoms with Gasteiger partial charge in [-0.2, -0.15) is 0 Å². The van der Waals surface area contributed by atoms with Gasteiger partial charge in [-0.1, -0.05) is 36.4 Å². The first-order valence-electron chi connectivity index (χ1n) is 10.3. The average Bonchev–Trinajstić information content (AvgIpc) is 3.51. The minimum absolute atomic E-state index is 0.265. The highest BCUT2D eigenvalue weighted by Gasteiger charge is 2.25. The van der Waals surface area contributed by atoms with Crippen LogP contribution in [0.5, 0.6) is 0 Å². The molecule has 0 spiro atoms. The third kappa shape index (κ3) is 4.38. The van der Waals surface area contributed by atoms with Gasteiger partial charge in [-0.25, -0.2) is 14.4 Å². The molecule has 1 aliphatic rings. The molecule has 5 rings (SSSR count). The lowest BCUT2D eigenvalue weighted by Gasteiger charge is -2.09. The summed E-state index contributed by atoms with van der Waals surface area (Å²) in [5.41, 5.74) is 3.65. The van der Waals surface area contributed by atoms with Crippen molar-refractivity contribution in [3.05, 3.63) is 90.8 Å². The quantitative estimate of drug-likeness (QED) is 0.460. The molecule has 1 N–H and O–H groups in total. The van der Waals surface area contributed by atoms with Gasteiger partial charge in [0.1, 0.15) is 11.5 Å². The van der Waals surface area contributed by atoms with Crippen molar-refractivity contribution in [3.8, 4) is 22.5 Å². The van der Waals surface area contributed by atoms with E-state index in [0.29, 0.717) is 23.1 Å². The molecule has 2 aromatic carbocycles. The van der Waals surface area contributed by atoms with Gasteiger partial charge in [0, 0.05) is 47.5 Å². The molecule has 5 nitrogen and oxygen atoms in total. The number of hydrogen-bond donors (Lipinski definition) is 1. The molecule has 6 heteroatoms. The average molecular weight is 412 g/mol. The molecule has 2 heterocycles. The summed E-state index contributed by atoms with van der Waals surface area (Å²) in [5, 5.41) is 2.80. The number of aromatic nitrogens is 3. The predicted octanol–water partition coefficient (Wildman–Crippen LogP) is 5.41. The molecular formula is C25H21FN4O. The Morgan fingerprint density at radius 1 is 0.968 bits per heavy atom. The first-order valence-corrected chi connectivity index (χ1v) is 10.3. The Balaban J connectivity index is 1.43. The number of hydrogen-bond acceptors (Lipinski definition) is 3. The summed E-state index contributed by atoms with van der Waals surface area (Å²) in [6.07, 6.45) is 7.88. The largest absolute Gasteiger partial charge is 0.343 e. The second kappa shape index (κ2) is 8.14. The number of benzene rings is 2. The number of rotatable bonds is 6. The van der Waals surface area contributed by atoms with E-state index in [0.717, 1.165) is 23.2 Å². The molecule has 0 bridgehead atoms. The lowest BCUT2D eigenvalue weighted by Crippen LogP contribution is -2.17. The molecule has 154 valence electrons. The van der Waals surface area contributed by atoms with Gasteiger partial charge in [0.2, 0.25) is 0 Å². The van der Waals surface area contributed by atoms with Crippen LogP contribution in [0.1, 0.15) is 23.3 Å². The molecule has 4 aromatic rings. The lowest BCUT2D eigenvalue weighted by molar-refractivity contribution is 0.101. The van der Waals surface area contributed by atoms with Gasteiger partial charge < -0.3 is 9.88 Å². The van der Waals surface area contributed by atoms with E-state index >= 15 is 0 Å². The summed E-state index contributed by atoms with van der Waals surface area (Å²) in [6.45, 7) is 0.787. The summed E-state index contributed by atoms with van der Waals surface area (Å²) in [5.74, 6) is 0.602. The van der Waals surface area contributed by atoms with Crippen molar-refractivity contribution in [1.29, 1.82) is 0 Å². The maximum Gasteiger partial charge on any atom is 0.272 e. The highest BCUT2D eigenvalue weighted by Crippen LogP contribution is 2.33. The van der Waals surface area contributed by atoms with Gasteiger partial charge in [-0.3, -0.25) is 4.79 Å². The number of carbonyl (C=O) groups is 1. The van der Waals surface area contributed by atoms with Crippen LogP contribution in [0.2, 0.25) is 0 Å². The summed E-state index contributed by atoms with van der Waals surface area (Å²) in [4.78, 5) is 21.9. The van der Waals surface area contributed by atoms with Gasteiger partial charge in [-0.05, 0) is 43.0 Å². The fourth-order valence-electron chi connectivity index (χ4n) is 3.56. The SMILES string of the molecule is O=C(Nc1cccc(F)c1)c1cc(-c2cnc(-c3ccccc3)nc2)cn1CC1CC1. The third-order valence-corrected chi connectivity index (χ3v) is 5.38. The van der Waals surface area contributed by atoms with Gasteiger partial charge in [0.05, 0.1) is 0 Å². The van der Waals surface area contributed by atoms with Gasteiger partial charge in [0.15, 0.2) is 5.82 Å². The number of nitrogens with one attached hydrogen (secondary N) is 1. The Labute approximate surface area is 179 Å². The van der Waals surface area contributed by atoms with Crippen molar-refractivity contribution in [1.82, 2.24) is 14.5 Å². The van der Waals surface area contributed by atoms with Crippen LogP contribution in [0.4, 0.5) is 10.1 Å². The number of nitrogens with zero attached hydrogens (tertiary/aromatic N) is 3. The second-order valence-electron chi connectivity index (χ2n) is 7.84. The van der Waals surface area contributed by atoms with Crippen LogP contribution >= 0.6 is 0 Å². The molecule has 1 aliphatic carbocycles. The van der Waals surface area contributed by atoms with Crippen molar-refractivity contribution in [2.45, 2.75) is 19.4 Å². The zero-order chi connectivity index (χ0) is 21.2. The Kier molecular flexibility index (Phi) is 5.04. The molecule has 1 fully saturated rings. The van der Waals surface area contributed by atoms with Crippen molar-refractivity contribution < 1.29 is 9.18 Å². The zero-order valence-corrected chi connectivity index (χ0v) is 16.8. The fourth-order valence-corrected chi connectivity index (χ4v) is 3.56. The normalized spacial score (nSPS) is 13.2. The van der Waals surface area contributed by atoms with Crippen LogP contribution in [0.3, 0.4) is 0 Å². The van der Waals surface area contributed by atoms with E-state index in [-0.39, 0.29) is 11.7 Å². The van der Waals surface area contributed by atoms with E-state index in [9.17, 15) is 9.18 Å². The van der Waals surface area contributed by atoms with Crippen molar-refractivity contribution in [2.24, 2.45) is 5.92 Å². The molecule has 31 heavy (non-hydrogen) atoms. The maximum atomic E-state index is 13.5. The number of halogens is 1. The zero-order valence-electron chi connectivity index (χ0n) is 16.8. The minimum atomic E-state index is -0.387. The van der Waals surface area contributed by atoms with E-state index in [1.807, 2.05) is 47.2 Å². The van der Waals surface area contributed by atoms with Crippen molar-refractivity contribution in [3.63, 3.8) is 0 Å². The van der Waals surface area contributed by atoms with Crippen LogP contribution in [-0.4, -0.2) is 20.4 Å². The second-order valence-corrected chi connectivity index (χ2v) is 7.84. The highest BCUT2D eigenvalue weighted by atomic mass is 19.1. The standard InChI is InChI=1S/C25H21FN4O/c26-21-7-4-8-22(12-21)29-25(31)23-11-19(16-30(23)15-17-9-10-17)20-13-27-24(28-14-20)18-5-2-1-3-6-18/h1-8,11-14,16-17H,9-10,15H2,(H,29,31). The molecule has 2 aromatic heterocycles. The molecular weight excluding hydrogens is 391 g/mol. The van der Waals surface area contributed by atoms with E-state index in [2.05, 4.69) is 15.3 Å². The predicted molar refractivity (Wildman–Crippen MR) is 118 cm³/mol. The van der Waals surface area contributed by atoms with Crippen LogP contribution in [0, 0.1) is 11.7 Å². The molecule has 0 atom stereocenters. The van der Waals surface area contributed by atoms with E-state index in [4.69, 9.17) is 0 Å². The molecule has 1 amide bonds. The fraction of sp³-hybridized carbons (Fsp3) is 0.160. The third-order valence-electron chi connectivity index (χ3n) is 5.38. The monoisotopic (exact) mass is 412 g/mol. The van der Waals surface area contributed by atoms with E-state index < -0.39 is 0 Å². The van der Waals surface area contributed by atoms with Crippen molar-refractivity contribution in [2.75, 3.05) is 5.32 Å². The van der Waals surface area contributed by atoms with Crippen LogP contribution in [0.15, 0.2) is 79.3 Å². The van der Waals surface area contributed by atoms with Crippen molar-refractivity contribution >= 4 is 11.6 Å². The molecule has 0 unspecified atom stereocenters. The van der Waals surface area contributed by atoms with E-state index in [1.54, 1.807) is 24.5 Å². The molecule has 1 saturated carbocycles. The molecule has 0 saturated heterocycles. The molecule has 0 radical (unpaired) electrons. The van der Waals surface area contributed by atoms with Crippen LogP contribution < -0.4 is 5.32 Å². The number of anilines is 1. The van der Waals surface area contributed by atoms with Gasteiger partial charge in [-0.15, -0.1) is 0 Å². The summed E-state index contributed by atoms with van der Waals surface area (Å²) in [7, 11) is 0. The maximum absolute atomic E-state index is 13.5. The highest BCUT2D eigenvalue weighted by molar-refractivity contribution is 6.04. The van der Waals surface area contributed by atoms with E-state index in [1.165, 1.54) is 25.0 Å².